The number of esters is 1. The maximum Gasteiger partial charge on any atom is 0.339 e. The minimum Gasteiger partial charge on any atom is -0.465 e. The standard InChI is InChI=1S/C12H11NO3/c1-3-9-4-8(7-14)5-10(11(9)6-13)12(15)16-2/h4-5,7H,3H2,1-2H3. The number of aldehydes is 1. The third kappa shape index (κ3) is 2.09. The Hall–Kier alpha value is -2.15. The monoisotopic (exact) mass is 217 g/mol. The second kappa shape index (κ2) is 5.08. The molecule has 1 aromatic carbocycles. The molecular weight excluding hydrogens is 206 g/mol. The summed E-state index contributed by atoms with van der Waals surface area (Å²) in [6.45, 7) is 1.85. The van der Waals surface area contributed by atoms with E-state index in [-0.39, 0.29) is 11.1 Å². The van der Waals surface area contributed by atoms with Gasteiger partial charge in [0.1, 0.15) is 12.4 Å². The molecule has 0 saturated carbocycles. The molecule has 0 atom stereocenters. The van der Waals surface area contributed by atoms with Crippen LogP contribution in [-0.4, -0.2) is 19.4 Å². The zero-order valence-corrected chi connectivity index (χ0v) is 9.11. The fourth-order valence-corrected chi connectivity index (χ4v) is 1.48. The van der Waals surface area contributed by atoms with Gasteiger partial charge in [-0.3, -0.25) is 4.79 Å². The van der Waals surface area contributed by atoms with Crippen molar-refractivity contribution in [3.05, 3.63) is 34.4 Å². The van der Waals surface area contributed by atoms with E-state index in [0.717, 1.165) is 0 Å². The molecule has 0 aliphatic heterocycles. The molecule has 16 heavy (non-hydrogen) atoms. The van der Waals surface area contributed by atoms with Crippen molar-refractivity contribution in [1.82, 2.24) is 0 Å². The van der Waals surface area contributed by atoms with Crippen LogP contribution in [0.4, 0.5) is 0 Å². The topological polar surface area (TPSA) is 67.2 Å². The van der Waals surface area contributed by atoms with Gasteiger partial charge in [-0.15, -0.1) is 0 Å². The Labute approximate surface area is 93.5 Å². The first-order chi connectivity index (χ1) is 7.67. The van der Waals surface area contributed by atoms with E-state index >= 15 is 0 Å². The van der Waals surface area contributed by atoms with Crippen LogP contribution in [0.3, 0.4) is 0 Å². The fraction of sp³-hybridized carbons (Fsp3) is 0.250. The Bertz CT molecular complexity index is 472. The quantitative estimate of drug-likeness (QED) is 0.571. The Kier molecular flexibility index (Phi) is 3.78. The molecular formula is C12H11NO3. The van der Waals surface area contributed by atoms with Crippen LogP contribution in [0, 0.1) is 11.3 Å². The van der Waals surface area contributed by atoms with Gasteiger partial charge in [0, 0.05) is 5.56 Å². The van der Waals surface area contributed by atoms with Crippen LogP contribution in [-0.2, 0) is 11.2 Å². The van der Waals surface area contributed by atoms with E-state index in [2.05, 4.69) is 4.74 Å². The van der Waals surface area contributed by atoms with Crippen molar-refractivity contribution in [3.63, 3.8) is 0 Å². The highest BCUT2D eigenvalue weighted by Gasteiger charge is 2.16. The molecule has 0 amide bonds. The van der Waals surface area contributed by atoms with Gasteiger partial charge in [-0.05, 0) is 24.1 Å². The van der Waals surface area contributed by atoms with Gasteiger partial charge in [0.25, 0.3) is 0 Å². The molecule has 1 rings (SSSR count). The summed E-state index contributed by atoms with van der Waals surface area (Å²) in [4.78, 5) is 22.1. The predicted molar refractivity (Wildman–Crippen MR) is 57.3 cm³/mol. The Morgan fingerprint density at radius 2 is 2.25 bits per heavy atom. The van der Waals surface area contributed by atoms with E-state index in [9.17, 15) is 9.59 Å². The van der Waals surface area contributed by atoms with Crippen LogP contribution in [0.15, 0.2) is 12.1 Å². The summed E-state index contributed by atoms with van der Waals surface area (Å²) in [5.41, 5.74) is 1.47. The maximum absolute atomic E-state index is 11.4. The average Bonchev–Trinajstić information content (AvgIpc) is 2.35. The van der Waals surface area contributed by atoms with Gasteiger partial charge in [0.2, 0.25) is 0 Å². The minimum atomic E-state index is -0.602. The largest absolute Gasteiger partial charge is 0.465 e. The summed E-state index contributed by atoms with van der Waals surface area (Å²) in [5.74, 6) is -0.602. The second-order valence-electron chi connectivity index (χ2n) is 3.18. The fourth-order valence-electron chi connectivity index (χ4n) is 1.48. The number of aryl methyl sites for hydroxylation is 1. The molecule has 0 spiro atoms. The van der Waals surface area contributed by atoms with E-state index in [4.69, 9.17) is 5.26 Å². The van der Waals surface area contributed by atoms with Gasteiger partial charge in [-0.1, -0.05) is 6.92 Å². The molecule has 82 valence electrons. The lowest BCUT2D eigenvalue weighted by atomic mass is 9.97. The van der Waals surface area contributed by atoms with Gasteiger partial charge in [-0.25, -0.2) is 4.79 Å². The number of hydrogen-bond acceptors (Lipinski definition) is 4. The maximum atomic E-state index is 11.4. The second-order valence-corrected chi connectivity index (χ2v) is 3.18. The first-order valence-corrected chi connectivity index (χ1v) is 4.78. The summed E-state index contributed by atoms with van der Waals surface area (Å²) < 4.78 is 4.57. The third-order valence-corrected chi connectivity index (χ3v) is 2.28. The summed E-state index contributed by atoms with van der Waals surface area (Å²) in [5, 5.41) is 8.99. The minimum absolute atomic E-state index is 0.145. The van der Waals surface area contributed by atoms with Crippen LogP contribution in [0.2, 0.25) is 0 Å². The van der Waals surface area contributed by atoms with Crippen molar-refractivity contribution in [2.75, 3.05) is 7.11 Å². The van der Waals surface area contributed by atoms with E-state index in [0.29, 0.717) is 23.8 Å². The third-order valence-electron chi connectivity index (χ3n) is 2.28. The Morgan fingerprint density at radius 3 is 2.69 bits per heavy atom. The van der Waals surface area contributed by atoms with Crippen LogP contribution < -0.4 is 0 Å². The molecule has 0 saturated heterocycles. The first-order valence-electron chi connectivity index (χ1n) is 4.78. The van der Waals surface area contributed by atoms with Gasteiger partial charge in [-0.2, -0.15) is 5.26 Å². The van der Waals surface area contributed by atoms with E-state index in [1.165, 1.54) is 13.2 Å². The molecule has 0 radical (unpaired) electrons. The van der Waals surface area contributed by atoms with E-state index in [1.807, 2.05) is 13.0 Å². The molecule has 0 fully saturated rings. The van der Waals surface area contributed by atoms with Crippen molar-refractivity contribution >= 4 is 12.3 Å². The number of nitriles is 1. The zero-order valence-electron chi connectivity index (χ0n) is 9.11. The van der Waals surface area contributed by atoms with E-state index in [1.54, 1.807) is 6.07 Å². The number of nitrogens with zero attached hydrogens (tertiary/aromatic N) is 1. The molecule has 0 aliphatic carbocycles. The number of ether oxygens (including phenoxy) is 1. The zero-order chi connectivity index (χ0) is 12.1. The lowest BCUT2D eigenvalue weighted by Crippen LogP contribution is -2.07. The number of rotatable bonds is 3. The van der Waals surface area contributed by atoms with Crippen molar-refractivity contribution in [2.45, 2.75) is 13.3 Å². The van der Waals surface area contributed by atoms with Gasteiger partial charge in [0.15, 0.2) is 0 Å². The molecule has 0 heterocycles. The molecule has 4 nitrogen and oxygen atoms in total. The number of hydrogen-bond donors (Lipinski definition) is 0. The molecule has 4 heteroatoms. The number of carbonyl (C=O) groups excluding carboxylic acids is 2. The summed E-state index contributed by atoms with van der Waals surface area (Å²) in [6, 6.07) is 4.95. The van der Waals surface area contributed by atoms with Crippen LogP contribution in [0.25, 0.3) is 0 Å². The van der Waals surface area contributed by atoms with Crippen molar-refractivity contribution in [3.8, 4) is 6.07 Å². The SMILES string of the molecule is CCc1cc(C=O)cc(C(=O)OC)c1C#N. The summed E-state index contributed by atoms with van der Waals surface area (Å²) >= 11 is 0. The van der Waals surface area contributed by atoms with Gasteiger partial charge >= 0.3 is 5.97 Å². The Balaban J connectivity index is 3.50. The van der Waals surface area contributed by atoms with Crippen LogP contribution >= 0.6 is 0 Å². The number of methoxy groups -OCH3 is 1. The van der Waals surface area contributed by atoms with Crippen LogP contribution in [0.1, 0.15) is 38.8 Å². The summed E-state index contributed by atoms with van der Waals surface area (Å²) in [6.07, 6.45) is 1.22. The smallest absolute Gasteiger partial charge is 0.339 e. The molecule has 0 aromatic heterocycles. The van der Waals surface area contributed by atoms with Crippen molar-refractivity contribution in [1.29, 1.82) is 5.26 Å². The summed E-state index contributed by atoms with van der Waals surface area (Å²) in [7, 11) is 1.24. The van der Waals surface area contributed by atoms with Gasteiger partial charge < -0.3 is 4.74 Å². The van der Waals surface area contributed by atoms with Crippen molar-refractivity contribution in [2.24, 2.45) is 0 Å². The van der Waals surface area contributed by atoms with Gasteiger partial charge in [0.05, 0.1) is 18.2 Å². The highest BCUT2D eigenvalue weighted by Crippen LogP contribution is 2.18. The Morgan fingerprint density at radius 1 is 1.56 bits per heavy atom. The van der Waals surface area contributed by atoms with Crippen molar-refractivity contribution < 1.29 is 14.3 Å². The highest BCUT2D eigenvalue weighted by molar-refractivity contribution is 5.94. The molecule has 0 bridgehead atoms. The van der Waals surface area contributed by atoms with Crippen LogP contribution in [0.5, 0.6) is 0 Å². The molecule has 0 unspecified atom stereocenters. The molecule has 0 N–H and O–H groups in total. The number of carbonyl (C=O) groups is 2. The lowest BCUT2D eigenvalue weighted by molar-refractivity contribution is 0.0600. The number of benzene rings is 1. The average molecular weight is 217 g/mol. The lowest BCUT2D eigenvalue weighted by Gasteiger charge is -2.07. The highest BCUT2D eigenvalue weighted by atomic mass is 16.5. The van der Waals surface area contributed by atoms with E-state index < -0.39 is 5.97 Å². The first kappa shape index (κ1) is 11.9. The predicted octanol–water partition coefficient (Wildman–Crippen LogP) is 1.72. The molecule has 0 aliphatic rings. The molecule has 1 aromatic rings. The normalized spacial score (nSPS) is 9.31.